The fraction of sp³-hybridized carbons (Fsp3) is 0.111. The molecule has 0 saturated heterocycles. The number of hydrogen-bond acceptors (Lipinski definition) is 2. The molecule has 0 aliphatic heterocycles. The summed E-state index contributed by atoms with van der Waals surface area (Å²) in [5, 5.41) is 11.8. The first-order valence-corrected chi connectivity index (χ1v) is 6.78. The number of ether oxygens (including phenoxy) is 1. The van der Waals surface area contributed by atoms with Gasteiger partial charge in [-0.15, -0.1) is 0 Å². The molecule has 0 fully saturated rings. The van der Waals surface area contributed by atoms with Gasteiger partial charge in [0.25, 0.3) is 0 Å². The molecule has 0 bridgehead atoms. The number of aliphatic hydroxyl groups is 1. The molecule has 0 spiro atoms. The number of fused-ring (bicyclic) bond motifs is 1. The Balaban J connectivity index is 2.07. The quantitative estimate of drug-likeness (QED) is 0.746. The standard InChI is InChI=1S/C18H15FO2/c1-12(20)16-11-14(19)9-10-18(16)21-17-8-4-6-13-5-2-3-7-15(13)17/h2-12,20H,1H3/t12-/m1/s1. The minimum Gasteiger partial charge on any atom is -0.456 e. The third-order valence-corrected chi connectivity index (χ3v) is 3.39. The second-order valence-electron chi connectivity index (χ2n) is 4.94. The van der Waals surface area contributed by atoms with Crippen LogP contribution in [0.3, 0.4) is 0 Å². The van der Waals surface area contributed by atoms with Crippen LogP contribution in [-0.4, -0.2) is 5.11 Å². The van der Waals surface area contributed by atoms with Gasteiger partial charge in [-0.05, 0) is 36.6 Å². The number of benzene rings is 3. The van der Waals surface area contributed by atoms with Crippen LogP contribution in [-0.2, 0) is 0 Å². The average molecular weight is 282 g/mol. The fourth-order valence-corrected chi connectivity index (χ4v) is 2.34. The molecule has 0 radical (unpaired) electrons. The Hall–Kier alpha value is -2.39. The van der Waals surface area contributed by atoms with E-state index in [-0.39, 0.29) is 0 Å². The monoisotopic (exact) mass is 282 g/mol. The predicted molar refractivity (Wildman–Crippen MR) is 81.1 cm³/mol. The Kier molecular flexibility index (Phi) is 3.59. The van der Waals surface area contributed by atoms with E-state index in [4.69, 9.17) is 4.74 Å². The summed E-state index contributed by atoms with van der Waals surface area (Å²) in [6.07, 6.45) is -0.800. The first-order chi connectivity index (χ1) is 10.1. The first-order valence-electron chi connectivity index (χ1n) is 6.78. The number of aliphatic hydroxyl groups excluding tert-OH is 1. The van der Waals surface area contributed by atoms with Gasteiger partial charge in [-0.25, -0.2) is 4.39 Å². The zero-order valence-corrected chi connectivity index (χ0v) is 11.6. The van der Waals surface area contributed by atoms with Crippen LogP contribution in [0, 0.1) is 5.82 Å². The second-order valence-corrected chi connectivity index (χ2v) is 4.94. The molecule has 3 aromatic carbocycles. The van der Waals surface area contributed by atoms with Gasteiger partial charge in [0.05, 0.1) is 6.10 Å². The van der Waals surface area contributed by atoms with Gasteiger partial charge in [0.2, 0.25) is 0 Å². The van der Waals surface area contributed by atoms with Crippen LogP contribution in [0.15, 0.2) is 60.7 Å². The average Bonchev–Trinajstić information content (AvgIpc) is 2.49. The fourth-order valence-electron chi connectivity index (χ4n) is 2.34. The summed E-state index contributed by atoms with van der Waals surface area (Å²) in [7, 11) is 0. The van der Waals surface area contributed by atoms with Crippen molar-refractivity contribution in [3.8, 4) is 11.5 Å². The summed E-state index contributed by atoms with van der Waals surface area (Å²) >= 11 is 0. The van der Waals surface area contributed by atoms with Gasteiger partial charge in [0.1, 0.15) is 17.3 Å². The number of hydrogen-bond donors (Lipinski definition) is 1. The van der Waals surface area contributed by atoms with E-state index in [1.165, 1.54) is 12.1 Å². The van der Waals surface area contributed by atoms with E-state index < -0.39 is 11.9 Å². The van der Waals surface area contributed by atoms with Gasteiger partial charge in [-0.3, -0.25) is 0 Å². The molecule has 1 atom stereocenters. The molecule has 1 N–H and O–H groups in total. The van der Waals surface area contributed by atoms with E-state index >= 15 is 0 Å². The molecule has 0 saturated carbocycles. The van der Waals surface area contributed by atoms with Gasteiger partial charge in [-0.2, -0.15) is 0 Å². The molecule has 21 heavy (non-hydrogen) atoms. The molecular weight excluding hydrogens is 267 g/mol. The molecule has 3 rings (SSSR count). The SMILES string of the molecule is C[C@@H](O)c1cc(F)ccc1Oc1cccc2ccccc12. The van der Waals surface area contributed by atoms with Crippen LogP contribution >= 0.6 is 0 Å². The van der Waals surface area contributed by atoms with E-state index in [2.05, 4.69) is 0 Å². The van der Waals surface area contributed by atoms with Crippen LogP contribution in [0.2, 0.25) is 0 Å². The maximum atomic E-state index is 13.3. The molecule has 0 amide bonds. The van der Waals surface area contributed by atoms with Crippen LogP contribution in [0.25, 0.3) is 10.8 Å². The minimum absolute atomic E-state index is 0.392. The highest BCUT2D eigenvalue weighted by Crippen LogP contribution is 2.34. The zero-order valence-electron chi connectivity index (χ0n) is 11.6. The molecule has 0 heterocycles. The first kappa shape index (κ1) is 13.6. The van der Waals surface area contributed by atoms with E-state index in [1.54, 1.807) is 13.0 Å². The van der Waals surface area contributed by atoms with E-state index in [0.29, 0.717) is 17.1 Å². The lowest BCUT2D eigenvalue weighted by Crippen LogP contribution is -1.97. The molecule has 3 aromatic rings. The highest BCUT2D eigenvalue weighted by atomic mass is 19.1. The van der Waals surface area contributed by atoms with Crippen molar-refractivity contribution in [1.82, 2.24) is 0 Å². The summed E-state index contributed by atoms with van der Waals surface area (Å²) in [6.45, 7) is 1.59. The van der Waals surface area contributed by atoms with Gasteiger partial charge in [0, 0.05) is 10.9 Å². The summed E-state index contributed by atoms with van der Waals surface area (Å²) in [6, 6.07) is 17.8. The van der Waals surface area contributed by atoms with E-state index in [0.717, 1.165) is 10.8 Å². The van der Waals surface area contributed by atoms with Crippen molar-refractivity contribution in [3.63, 3.8) is 0 Å². The maximum absolute atomic E-state index is 13.3. The smallest absolute Gasteiger partial charge is 0.135 e. The third-order valence-electron chi connectivity index (χ3n) is 3.39. The molecule has 0 unspecified atom stereocenters. The predicted octanol–water partition coefficient (Wildman–Crippen LogP) is 4.82. The molecule has 2 nitrogen and oxygen atoms in total. The van der Waals surface area contributed by atoms with Gasteiger partial charge in [0.15, 0.2) is 0 Å². The maximum Gasteiger partial charge on any atom is 0.135 e. The van der Waals surface area contributed by atoms with Crippen molar-refractivity contribution >= 4 is 10.8 Å². The van der Waals surface area contributed by atoms with E-state index in [9.17, 15) is 9.50 Å². The molecule has 106 valence electrons. The molecule has 0 aliphatic rings. The van der Waals surface area contributed by atoms with Crippen molar-refractivity contribution in [2.45, 2.75) is 13.0 Å². The highest BCUT2D eigenvalue weighted by Gasteiger charge is 2.12. The number of rotatable bonds is 3. The van der Waals surface area contributed by atoms with Crippen molar-refractivity contribution < 1.29 is 14.2 Å². The van der Waals surface area contributed by atoms with E-state index in [1.807, 2.05) is 42.5 Å². The van der Waals surface area contributed by atoms with Crippen molar-refractivity contribution in [3.05, 3.63) is 72.0 Å². The Labute approximate surface area is 122 Å². The van der Waals surface area contributed by atoms with Gasteiger partial charge >= 0.3 is 0 Å². The molecule has 0 aromatic heterocycles. The van der Waals surface area contributed by atoms with Crippen LogP contribution in [0.4, 0.5) is 4.39 Å². The topological polar surface area (TPSA) is 29.5 Å². The Morgan fingerprint density at radius 3 is 2.52 bits per heavy atom. The van der Waals surface area contributed by atoms with Crippen LogP contribution < -0.4 is 4.74 Å². The molecule has 0 aliphatic carbocycles. The lowest BCUT2D eigenvalue weighted by atomic mass is 10.1. The zero-order chi connectivity index (χ0) is 14.8. The highest BCUT2D eigenvalue weighted by molar-refractivity contribution is 5.88. The Morgan fingerprint density at radius 1 is 0.952 bits per heavy atom. The minimum atomic E-state index is -0.800. The van der Waals surface area contributed by atoms with Crippen molar-refractivity contribution in [2.24, 2.45) is 0 Å². The Bertz CT molecular complexity index is 776. The lowest BCUT2D eigenvalue weighted by Gasteiger charge is -2.14. The Morgan fingerprint density at radius 2 is 1.71 bits per heavy atom. The van der Waals surface area contributed by atoms with Crippen molar-refractivity contribution in [1.29, 1.82) is 0 Å². The second kappa shape index (κ2) is 5.54. The lowest BCUT2D eigenvalue weighted by molar-refractivity contribution is 0.195. The summed E-state index contributed by atoms with van der Waals surface area (Å²) in [5.41, 5.74) is 0.433. The summed E-state index contributed by atoms with van der Waals surface area (Å²) in [5.74, 6) is 0.750. The molecular formula is C18H15FO2. The number of halogens is 1. The van der Waals surface area contributed by atoms with Gasteiger partial charge < -0.3 is 9.84 Å². The summed E-state index contributed by atoms with van der Waals surface area (Å²) < 4.78 is 19.2. The van der Waals surface area contributed by atoms with Gasteiger partial charge in [-0.1, -0.05) is 36.4 Å². The largest absolute Gasteiger partial charge is 0.456 e. The van der Waals surface area contributed by atoms with Crippen molar-refractivity contribution in [2.75, 3.05) is 0 Å². The van der Waals surface area contributed by atoms with Crippen LogP contribution in [0.1, 0.15) is 18.6 Å². The normalized spacial score (nSPS) is 12.3. The summed E-state index contributed by atoms with van der Waals surface area (Å²) in [4.78, 5) is 0. The van der Waals surface area contributed by atoms with Crippen LogP contribution in [0.5, 0.6) is 11.5 Å². The molecule has 3 heteroatoms. The third kappa shape index (κ3) is 2.73.